The number of hydrogen-bond acceptors (Lipinski definition) is 2. The monoisotopic (exact) mass is 229 g/mol. The van der Waals surface area contributed by atoms with Crippen LogP contribution in [-0.4, -0.2) is 16.2 Å². The van der Waals surface area contributed by atoms with E-state index in [4.69, 9.17) is 0 Å². The Morgan fingerprint density at radius 3 is 2.83 bits per heavy atom. The van der Waals surface area contributed by atoms with E-state index in [0.717, 1.165) is 15.6 Å². The second-order valence-electron chi connectivity index (χ2n) is 2.96. The predicted octanol–water partition coefficient (Wildman–Crippen LogP) is 2.08. The molecule has 0 aliphatic rings. The summed E-state index contributed by atoms with van der Waals surface area (Å²) in [5, 5.41) is 9.18. The summed E-state index contributed by atoms with van der Waals surface area (Å²) < 4.78 is 1.00. The number of hydrogen-bond donors (Lipinski definition) is 1. The molecule has 1 aromatic heterocycles. The van der Waals surface area contributed by atoms with Crippen molar-refractivity contribution in [3.63, 3.8) is 0 Å². The fourth-order valence-corrected chi connectivity index (χ4v) is 1.44. The van der Waals surface area contributed by atoms with E-state index in [0.29, 0.717) is 6.42 Å². The second-order valence-corrected chi connectivity index (χ2v) is 3.81. The van der Waals surface area contributed by atoms with Crippen molar-refractivity contribution in [3.05, 3.63) is 28.0 Å². The van der Waals surface area contributed by atoms with Gasteiger partial charge in [0.2, 0.25) is 0 Å². The summed E-state index contributed by atoms with van der Waals surface area (Å²) in [6.45, 7) is 3.80. The standard InChI is InChI=1S/C9H12BrNO/c1-6(12)3-8-4-11-5-9(10)7(8)2/h4-6,12H,3H2,1-2H3/t6-/m1/s1. The highest BCUT2D eigenvalue weighted by Crippen LogP contribution is 2.18. The molecule has 0 aromatic carbocycles. The lowest BCUT2D eigenvalue weighted by Crippen LogP contribution is -2.06. The van der Waals surface area contributed by atoms with E-state index < -0.39 is 0 Å². The van der Waals surface area contributed by atoms with Gasteiger partial charge in [0.25, 0.3) is 0 Å². The van der Waals surface area contributed by atoms with E-state index in [-0.39, 0.29) is 6.10 Å². The van der Waals surface area contributed by atoms with E-state index >= 15 is 0 Å². The normalized spacial score (nSPS) is 13.0. The molecule has 0 saturated carbocycles. The van der Waals surface area contributed by atoms with E-state index in [1.165, 1.54) is 0 Å². The summed E-state index contributed by atoms with van der Waals surface area (Å²) in [4.78, 5) is 4.04. The first-order valence-corrected chi connectivity index (χ1v) is 4.67. The van der Waals surface area contributed by atoms with Gasteiger partial charge in [-0.1, -0.05) is 0 Å². The van der Waals surface area contributed by atoms with Crippen LogP contribution in [0.1, 0.15) is 18.1 Å². The molecule has 12 heavy (non-hydrogen) atoms. The molecular weight excluding hydrogens is 218 g/mol. The van der Waals surface area contributed by atoms with Crippen LogP contribution < -0.4 is 0 Å². The third-order valence-corrected chi connectivity index (χ3v) is 2.57. The minimum absolute atomic E-state index is 0.306. The van der Waals surface area contributed by atoms with Gasteiger partial charge in [-0.15, -0.1) is 0 Å². The second kappa shape index (κ2) is 4.01. The van der Waals surface area contributed by atoms with Gasteiger partial charge in [-0.2, -0.15) is 0 Å². The fraction of sp³-hybridized carbons (Fsp3) is 0.444. The molecule has 66 valence electrons. The van der Waals surface area contributed by atoms with Gasteiger partial charge in [-0.3, -0.25) is 4.98 Å². The highest BCUT2D eigenvalue weighted by molar-refractivity contribution is 9.10. The maximum absolute atomic E-state index is 9.18. The molecule has 1 atom stereocenters. The van der Waals surface area contributed by atoms with Crippen LogP contribution in [0.15, 0.2) is 16.9 Å². The van der Waals surface area contributed by atoms with Gasteiger partial charge in [0.05, 0.1) is 6.10 Å². The van der Waals surface area contributed by atoms with E-state index in [1.807, 2.05) is 6.92 Å². The number of rotatable bonds is 2. The van der Waals surface area contributed by atoms with Crippen molar-refractivity contribution >= 4 is 15.9 Å². The summed E-state index contributed by atoms with van der Waals surface area (Å²) in [6, 6.07) is 0. The largest absolute Gasteiger partial charge is 0.393 e. The average Bonchev–Trinajstić information content (AvgIpc) is 1.98. The molecular formula is C9H12BrNO. The van der Waals surface area contributed by atoms with Crippen molar-refractivity contribution in [3.8, 4) is 0 Å². The fourth-order valence-electron chi connectivity index (χ4n) is 1.06. The van der Waals surface area contributed by atoms with Crippen molar-refractivity contribution in [1.82, 2.24) is 4.98 Å². The third kappa shape index (κ3) is 2.29. The van der Waals surface area contributed by atoms with Crippen molar-refractivity contribution in [2.75, 3.05) is 0 Å². The summed E-state index contributed by atoms with van der Waals surface area (Å²) in [5.74, 6) is 0. The van der Waals surface area contributed by atoms with Crippen LogP contribution in [0, 0.1) is 6.92 Å². The summed E-state index contributed by atoms with van der Waals surface area (Å²) in [7, 11) is 0. The molecule has 0 unspecified atom stereocenters. The molecule has 0 fully saturated rings. The minimum atomic E-state index is -0.306. The SMILES string of the molecule is Cc1c(Br)cncc1C[C@@H](C)O. The molecule has 0 saturated heterocycles. The lowest BCUT2D eigenvalue weighted by Gasteiger charge is -2.07. The van der Waals surface area contributed by atoms with Crippen LogP contribution >= 0.6 is 15.9 Å². The zero-order valence-electron chi connectivity index (χ0n) is 7.21. The Morgan fingerprint density at radius 2 is 2.25 bits per heavy atom. The van der Waals surface area contributed by atoms with Gasteiger partial charge < -0.3 is 5.11 Å². The molecule has 0 amide bonds. The smallest absolute Gasteiger partial charge is 0.0553 e. The van der Waals surface area contributed by atoms with Crippen molar-refractivity contribution in [2.24, 2.45) is 0 Å². The van der Waals surface area contributed by atoms with Gasteiger partial charge >= 0.3 is 0 Å². The molecule has 2 nitrogen and oxygen atoms in total. The van der Waals surface area contributed by atoms with Crippen LogP contribution in [0.2, 0.25) is 0 Å². The molecule has 1 heterocycles. The van der Waals surface area contributed by atoms with Crippen LogP contribution in [0.5, 0.6) is 0 Å². The highest BCUT2D eigenvalue weighted by atomic mass is 79.9. The van der Waals surface area contributed by atoms with E-state index in [9.17, 15) is 5.11 Å². The number of aliphatic hydroxyl groups excluding tert-OH is 1. The molecule has 1 rings (SSSR count). The average molecular weight is 230 g/mol. The van der Waals surface area contributed by atoms with Gasteiger partial charge in [-0.05, 0) is 47.3 Å². The first-order chi connectivity index (χ1) is 5.61. The molecule has 0 bridgehead atoms. The number of halogens is 1. The van der Waals surface area contributed by atoms with Crippen molar-refractivity contribution < 1.29 is 5.11 Å². The van der Waals surface area contributed by atoms with Crippen LogP contribution in [0.3, 0.4) is 0 Å². The minimum Gasteiger partial charge on any atom is -0.393 e. The summed E-state index contributed by atoms with van der Waals surface area (Å²) in [5.41, 5.74) is 2.25. The Hall–Kier alpha value is -0.410. The molecule has 0 aliphatic heterocycles. The topological polar surface area (TPSA) is 33.1 Å². The quantitative estimate of drug-likeness (QED) is 0.843. The van der Waals surface area contributed by atoms with Gasteiger partial charge in [0.1, 0.15) is 0 Å². The lowest BCUT2D eigenvalue weighted by molar-refractivity contribution is 0.195. The van der Waals surface area contributed by atoms with E-state index in [2.05, 4.69) is 20.9 Å². The van der Waals surface area contributed by atoms with Crippen molar-refractivity contribution in [2.45, 2.75) is 26.4 Å². The maximum atomic E-state index is 9.18. The number of aromatic nitrogens is 1. The molecule has 1 N–H and O–H groups in total. The molecule has 3 heteroatoms. The zero-order valence-corrected chi connectivity index (χ0v) is 8.80. The number of nitrogens with zero attached hydrogens (tertiary/aromatic N) is 1. The van der Waals surface area contributed by atoms with E-state index in [1.54, 1.807) is 19.3 Å². The maximum Gasteiger partial charge on any atom is 0.0553 e. The molecule has 1 aromatic rings. The summed E-state index contributed by atoms with van der Waals surface area (Å²) >= 11 is 3.39. The number of aliphatic hydroxyl groups is 1. The lowest BCUT2D eigenvalue weighted by atomic mass is 10.1. The van der Waals surface area contributed by atoms with Crippen LogP contribution in [-0.2, 0) is 6.42 Å². The third-order valence-electron chi connectivity index (χ3n) is 1.77. The Morgan fingerprint density at radius 1 is 1.58 bits per heavy atom. The molecule has 0 radical (unpaired) electrons. The summed E-state index contributed by atoms with van der Waals surface area (Å²) in [6.07, 6.45) is 3.92. The van der Waals surface area contributed by atoms with Crippen LogP contribution in [0.25, 0.3) is 0 Å². The molecule has 0 aliphatic carbocycles. The van der Waals surface area contributed by atoms with Gasteiger partial charge in [0, 0.05) is 16.9 Å². The zero-order chi connectivity index (χ0) is 9.14. The Kier molecular flexibility index (Phi) is 3.23. The van der Waals surface area contributed by atoms with Gasteiger partial charge in [0.15, 0.2) is 0 Å². The Labute approximate surface area is 80.8 Å². The molecule has 0 spiro atoms. The first-order valence-electron chi connectivity index (χ1n) is 3.88. The van der Waals surface area contributed by atoms with Crippen LogP contribution in [0.4, 0.5) is 0 Å². The van der Waals surface area contributed by atoms with Gasteiger partial charge in [-0.25, -0.2) is 0 Å². The Balaban J connectivity index is 2.92. The Bertz CT molecular complexity index is 273. The highest BCUT2D eigenvalue weighted by Gasteiger charge is 2.04. The van der Waals surface area contributed by atoms with Crippen molar-refractivity contribution in [1.29, 1.82) is 0 Å². The predicted molar refractivity (Wildman–Crippen MR) is 52.1 cm³/mol. The number of pyridine rings is 1. The first kappa shape index (κ1) is 9.68.